The lowest BCUT2D eigenvalue weighted by Gasteiger charge is -2.13. The first kappa shape index (κ1) is 12.7. The first-order chi connectivity index (χ1) is 7.24. The SMILES string of the molecule is CCCCNCC(C)c1cccc(Br)c1. The Hall–Kier alpha value is -0.340. The smallest absolute Gasteiger partial charge is 0.0178 e. The number of unbranched alkanes of at least 4 members (excludes halogenated alkanes) is 1. The second kappa shape index (κ2) is 7.02. The van der Waals surface area contributed by atoms with Crippen LogP contribution in [0.25, 0.3) is 0 Å². The van der Waals surface area contributed by atoms with E-state index in [4.69, 9.17) is 0 Å². The minimum atomic E-state index is 0.583. The molecule has 0 amide bonds. The third-order valence-electron chi connectivity index (χ3n) is 2.58. The minimum absolute atomic E-state index is 0.583. The molecule has 15 heavy (non-hydrogen) atoms. The molecule has 1 nitrogen and oxygen atoms in total. The molecule has 84 valence electrons. The van der Waals surface area contributed by atoms with Gasteiger partial charge in [-0.3, -0.25) is 0 Å². The summed E-state index contributed by atoms with van der Waals surface area (Å²) in [5.74, 6) is 0.583. The zero-order valence-electron chi connectivity index (χ0n) is 9.59. The molecular formula is C13H20BrN. The molecule has 0 saturated carbocycles. The molecule has 1 aromatic rings. The predicted molar refractivity (Wildman–Crippen MR) is 70.3 cm³/mol. The molecule has 1 N–H and O–H groups in total. The van der Waals surface area contributed by atoms with Crippen LogP contribution in [0, 0.1) is 0 Å². The monoisotopic (exact) mass is 269 g/mol. The second-order valence-electron chi connectivity index (χ2n) is 4.01. The molecule has 2 heteroatoms. The molecule has 0 heterocycles. The van der Waals surface area contributed by atoms with Gasteiger partial charge in [-0.1, -0.05) is 48.3 Å². The van der Waals surface area contributed by atoms with Crippen molar-refractivity contribution in [3.8, 4) is 0 Å². The molecule has 0 bridgehead atoms. The van der Waals surface area contributed by atoms with Gasteiger partial charge in [0, 0.05) is 11.0 Å². The van der Waals surface area contributed by atoms with Crippen LogP contribution >= 0.6 is 15.9 Å². The van der Waals surface area contributed by atoms with Crippen LogP contribution in [0.4, 0.5) is 0 Å². The zero-order chi connectivity index (χ0) is 11.1. The van der Waals surface area contributed by atoms with E-state index in [1.54, 1.807) is 0 Å². The van der Waals surface area contributed by atoms with Crippen LogP contribution in [0.15, 0.2) is 28.7 Å². The van der Waals surface area contributed by atoms with Crippen molar-refractivity contribution in [3.63, 3.8) is 0 Å². The summed E-state index contributed by atoms with van der Waals surface area (Å²) in [6.45, 7) is 6.69. The number of rotatable bonds is 6. The normalized spacial score (nSPS) is 12.7. The topological polar surface area (TPSA) is 12.0 Å². The lowest BCUT2D eigenvalue weighted by atomic mass is 10.0. The first-order valence-electron chi connectivity index (χ1n) is 5.70. The van der Waals surface area contributed by atoms with Crippen molar-refractivity contribution in [3.05, 3.63) is 34.3 Å². The Bertz CT molecular complexity index is 286. The van der Waals surface area contributed by atoms with Crippen molar-refractivity contribution in [2.45, 2.75) is 32.6 Å². The van der Waals surface area contributed by atoms with Crippen LogP contribution < -0.4 is 5.32 Å². The average Bonchev–Trinajstić information content (AvgIpc) is 2.24. The summed E-state index contributed by atoms with van der Waals surface area (Å²) in [6, 6.07) is 8.56. The fourth-order valence-electron chi connectivity index (χ4n) is 1.55. The summed E-state index contributed by atoms with van der Waals surface area (Å²) in [7, 11) is 0. The van der Waals surface area contributed by atoms with E-state index in [-0.39, 0.29) is 0 Å². The Morgan fingerprint density at radius 3 is 2.87 bits per heavy atom. The van der Waals surface area contributed by atoms with Crippen LogP contribution in [0.2, 0.25) is 0 Å². The summed E-state index contributed by atoms with van der Waals surface area (Å²) >= 11 is 3.50. The van der Waals surface area contributed by atoms with Gasteiger partial charge in [0.1, 0.15) is 0 Å². The van der Waals surface area contributed by atoms with Crippen molar-refractivity contribution in [2.75, 3.05) is 13.1 Å². The van der Waals surface area contributed by atoms with Gasteiger partial charge in [-0.05, 0) is 36.6 Å². The fraction of sp³-hybridized carbons (Fsp3) is 0.538. The summed E-state index contributed by atoms with van der Waals surface area (Å²) in [5.41, 5.74) is 1.40. The number of halogens is 1. The highest BCUT2D eigenvalue weighted by molar-refractivity contribution is 9.10. The Labute approximate surface area is 101 Å². The molecule has 0 aliphatic heterocycles. The summed E-state index contributed by atoms with van der Waals surface area (Å²) in [4.78, 5) is 0. The Kier molecular flexibility index (Phi) is 5.96. The van der Waals surface area contributed by atoms with E-state index in [9.17, 15) is 0 Å². The zero-order valence-corrected chi connectivity index (χ0v) is 11.2. The van der Waals surface area contributed by atoms with E-state index in [0.717, 1.165) is 13.1 Å². The maximum atomic E-state index is 3.50. The Morgan fingerprint density at radius 2 is 2.20 bits per heavy atom. The molecule has 0 aromatic heterocycles. The average molecular weight is 270 g/mol. The van der Waals surface area contributed by atoms with Crippen LogP contribution in [0.5, 0.6) is 0 Å². The van der Waals surface area contributed by atoms with Crippen LogP contribution in [-0.2, 0) is 0 Å². The molecule has 0 fully saturated rings. The van der Waals surface area contributed by atoms with Gasteiger partial charge in [0.05, 0.1) is 0 Å². The molecule has 1 atom stereocenters. The maximum absolute atomic E-state index is 3.50. The highest BCUT2D eigenvalue weighted by atomic mass is 79.9. The van der Waals surface area contributed by atoms with E-state index in [1.807, 2.05) is 0 Å². The van der Waals surface area contributed by atoms with Crippen LogP contribution in [0.3, 0.4) is 0 Å². The van der Waals surface area contributed by atoms with Gasteiger partial charge in [0.2, 0.25) is 0 Å². The van der Waals surface area contributed by atoms with Crippen LogP contribution in [0.1, 0.15) is 38.2 Å². The highest BCUT2D eigenvalue weighted by Gasteiger charge is 2.04. The van der Waals surface area contributed by atoms with Gasteiger partial charge >= 0.3 is 0 Å². The molecule has 0 aliphatic rings. The number of hydrogen-bond donors (Lipinski definition) is 1. The van der Waals surface area contributed by atoms with Crippen molar-refractivity contribution in [1.29, 1.82) is 0 Å². The van der Waals surface area contributed by atoms with Crippen LogP contribution in [-0.4, -0.2) is 13.1 Å². The maximum Gasteiger partial charge on any atom is 0.0178 e. The van der Waals surface area contributed by atoms with E-state index in [0.29, 0.717) is 5.92 Å². The summed E-state index contributed by atoms with van der Waals surface area (Å²) in [5, 5.41) is 3.49. The van der Waals surface area contributed by atoms with E-state index >= 15 is 0 Å². The van der Waals surface area contributed by atoms with Gasteiger partial charge in [-0.25, -0.2) is 0 Å². The van der Waals surface area contributed by atoms with Gasteiger partial charge in [0.15, 0.2) is 0 Å². The van der Waals surface area contributed by atoms with E-state index in [2.05, 4.69) is 59.4 Å². The molecule has 0 spiro atoms. The third kappa shape index (κ3) is 4.80. The first-order valence-corrected chi connectivity index (χ1v) is 6.49. The molecule has 1 rings (SSSR count). The lowest BCUT2D eigenvalue weighted by molar-refractivity contribution is 0.591. The number of benzene rings is 1. The number of hydrogen-bond acceptors (Lipinski definition) is 1. The van der Waals surface area contributed by atoms with Gasteiger partial charge < -0.3 is 5.32 Å². The summed E-state index contributed by atoms with van der Waals surface area (Å²) < 4.78 is 1.17. The molecule has 0 aliphatic carbocycles. The predicted octanol–water partition coefficient (Wildman–Crippen LogP) is 3.94. The van der Waals surface area contributed by atoms with E-state index in [1.165, 1.54) is 22.9 Å². The molecule has 1 aromatic carbocycles. The highest BCUT2D eigenvalue weighted by Crippen LogP contribution is 2.18. The molecular weight excluding hydrogens is 250 g/mol. The van der Waals surface area contributed by atoms with Gasteiger partial charge in [-0.15, -0.1) is 0 Å². The van der Waals surface area contributed by atoms with Crippen molar-refractivity contribution >= 4 is 15.9 Å². The largest absolute Gasteiger partial charge is 0.316 e. The standard InChI is InChI=1S/C13H20BrN/c1-3-4-8-15-10-11(2)12-6-5-7-13(14)9-12/h5-7,9,11,15H,3-4,8,10H2,1-2H3. The molecule has 1 unspecified atom stereocenters. The quantitative estimate of drug-likeness (QED) is 0.772. The molecule has 0 saturated heterocycles. The minimum Gasteiger partial charge on any atom is -0.316 e. The van der Waals surface area contributed by atoms with Gasteiger partial charge in [-0.2, -0.15) is 0 Å². The fourth-order valence-corrected chi connectivity index (χ4v) is 1.97. The van der Waals surface area contributed by atoms with Crippen molar-refractivity contribution in [1.82, 2.24) is 5.32 Å². The van der Waals surface area contributed by atoms with Crippen molar-refractivity contribution in [2.24, 2.45) is 0 Å². The Morgan fingerprint density at radius 1 is 1.40 bits per heavy atom. The van der Waals surface area contributed by atoms with Crippen molar-refractivity contribution < 1.29 is 0 Å². The summed E-state index contributed by atoms with van der Waals surface area (Å²) in [6.07, 6.45) is 2.53. The van der Waals surface area contributed by atoms with E-state index < -0.39 is 0 Å². The Balaban J connectivity index is 2.36. The lowest BCUT2D eigenvalue weighted by Crippen LogP contribution is -2.21. The molecule has 0 radical (unpaired) electrons. The third-order valence-corrected chi connectivity index (χ3v) is 3.07. The second-order valence-corrected chi connectivity index (χ2v) is 4.93. The van der Waals surface area contributed by atoms with Gasteiger partial charge in [0.25, 0.3) is 0 Å². The number of nitrogens with one attached hydrogen (secondary N) is 1.